The normalized spacial score (nSPS) is 25.7. The second-order valence-electron chi connectivity index (χ2n) is 6.32. The van der Waals surface area contributed by atoms with Crippen molar-refractivity contribution >= 4 is 12.6 Å². The quantitative estimate of drug-likeness (QED) is 0.816. The fraction of sp³-hybridized carbons (Fsp3) is 0.625. The molecule has 0 aromatic heterocycles. The van der Waals surface area contributed by atoms with Crippen LogP contribution in [0.25, 0.3) is 0 Å². The summed E-state index contributed by atoms with van der Waals surface area (Å²) in [6.07, 6.45) is 6.72. The second-order valence-corrected chi connectivity index (χ2v) is 6.32. The van der Waals surface area contributed by atoms with Gasteiger partial charge in [-0.3, -0.25) is 4.90 Å². The van der Waals surface area contributed by atoms with Gasteiger partial charge in [-0.25, -0.2) is 0 Å². The van der Waals surface area contributed by atoms with Crippen LogP contribution in [0, 0.1) is 5.92 Å². The minimum Gasteiger partial charge on any atom is -0.497 e. The fourth-order valence-corrected chi connectivity index (χ4v) is 4.07. The van der Waals surface area contributed by atoms with Gasteiger partial charge in [-0.15, -0.1) is 0 Å². The van der Waals surface area contributed by atoms with Crippen molar-refractivity contribution in [1.82, 2.24) is 4.90 Å². The highest BCUT2D eigenvalue weighted by atomic mass is 16.5. The number of benzene rings is 1. The number of rotatable bonds is 4. The molecule has 1 saturated heterocycles. The molecule has 1 aliphatic carbocycles. The maximum absolute atomic E-state index is 9.48. The summed E-state index contributed by atoms with van der Waals surface area (Å²) in [7, 11) is 0.0646. The van der Waals surface area contributed by atoms with E-state index in [4.69, 9.17) is 4.74 Å². The highest BCUT2D eigenvalue weighted by Crippen LogP contribution is 2.37. The SMILES string of the molecule is COc1ccc(CN2CCCC3CCCC32)cc1B(O)O. The summed E-state index contributed by atoms with van der Waals surface area (Å²) >= 11 is 0. The van der Waals surface area contributed by atoms with Crippen LogP contribution in [0.2, 0.25) is 0 Å². The third-order valence-corrected chi connectivity index (χ3v) is 5.07. The lowest BCUT2D eigenvalue weighted by Gasteiger charge is -2.37. The molecule has 2 atom stereocenters. The Balaban J connectivity index is 1.76. The molecule has 0 amide bonds. The molecule has 0 bridgehead atoms. The van der Waals surface area contributed by atoms with Crippen LogP contribution in [0.15, 0.2) is 18.2 Å². The topological polar surface area (TPSA) is 52.9 Å². The molecule has 5 heteroatoms. The number of nitrogens with zero attached hydrogens (tertiary/aromatic N) is 1. The molecule has 1 aliphatic heterocycles. The van der Waals surface area contributed by atoms with Crippen LogP contribution in [-0.4, -0.2) is 41.8 Å². The number of hydrogen-bond donors (Lipinski definition) is 2. The standard InChI is InChI=1S/C16H24BNO3/c1-21-16-8-7-12(10-14(16)17(19)20)11-18-9-3-5-13-4-2-6-15(13)18/h7-8,10,13,15,19-20H,2-6,9,11H2,1H3. The van der Waals surface area contributed by atoms with E-state index in [1.807, 2.05) is 18.2 Å². The Hall–Kier alpha value is -1.04. The molecule has 0 radical (unpaired) electrons. The highest BCUT2D eigenvalue weighted by Gasteiger charge is 2.34. The summed E-state index contributed by atoms with van der Waals surface area (Å²) in [5.74, 6) is 1.41. The number of piperidine rings is 1. The van der Waals surface area contributed by atoms with E-state index >= 15 is 0 Å². The molecule has 1 aromatic carbocycles. The van der Waals surface area contributed by atoms with Gasteiger partial charge in [-0.05, 0) is 49.8 Å². The van der Waals surface area contributed by atoms with Gasteiger partial charge >= 0.3 is 7.12 Å². The summed E-state index contributed by atoms with van der Waals surface area (Å²) < 4.78 is 5.19. The maximum atomic E-state index is 9.48. The predicted molar refractivity (Wildman–Crippen MR) is 83.6 cm³/mol. The Morgan fingerprint density at radius 3 is 2.81 bits per heavy atom. The molecule has 2 aliphatic rings. The van der Waals surface area contributed by atoms with Crippen LogP contribution < -0.4 is 10.2 Å². The monoisotopic (exact) mass is 289 g/mol. The van der Waals surface area contributed by atoms with Crippen LogP contribution in [0.1, 0.15) is 37.7 Å². The third kappa shape index (κ3) is 3.10. The first kappa shape index (κ1) is 14.9. The Bertz CT molecular complexity index is 494. The van der Waals surface area contributed by atoms with Gasteiger partial charge in [0.2, 0.25) is 0 Å². The molecule has 1 saturated carbocycles. The van der Waals surface area contributed by atoms with Crippen molar-refractivity contribution in [2.45, 2.75) is 44.7 Å². The second kappa shape index (κ2) is 6.38. The van der Waals surface area contributed by atoms with Crippen LogP contribution in [0.5, 0.6) is 5.75 Å². The van der Waals surface area contributed by atoms with E-state index in [0.29, 0.717) is 11.2 Å². The molecule has 1 aromatic rings. The summed E-state index contributed by atoms with van der Waals surface area (Å²) in [4.78, 5) is 2.58. The van der Waals surface area contributed by atoms with Gasteiger partial charge in [0.05, 0.1) is 7.11 Å². The van der Waals surface area contributed by atoms with Crippen molar-refractivity contribution in [2.24, 2.45) is 5.92 Å². The molecule has 4 nitrogen and oxygen atoms in total. The van der Waals surface area contributed by atoms with E-state index in [9.17, 15) is 10.0 Å². The third-order valence-electron chi connectivity index (χ3n) is 5.07. The number of hydrogen-bond acceptors (Lipinski definition) is 4. The number of fused-ring (bicyclic) bond motifs is 1. The minimum absolute atomic E-state index is 0.454. The minimum atomic E-state index is -1.49. The summed E-state index contributed by atoms with van der Waals surface area (Å²) in [5.41, 5.74) is 1.58. The Morgan fingerprint density at radius 2 is 2.05 bits per heavy atom. The van der Waals surface area contributed by atoms with Gasteiger partial charge in [0.1, 0.15) is 5.75 Å². The summed E-state index contributed by atoms with van der Waals surface area (Å²) in [6, 6.07) is 6.45. The van der Waals surface area contributed by atoms with E-state index in [1.165, 1.54) is 32.1 Å². The molecule has 2 N–H and O–H groups in total. The fourth-order valence-electron chi connectivity index (χ4n) is 4.07. The van der Waals surface area contributed by atoms with E-state index in [0.717, 1.165) is 30.6 Å². The van der Waals surface area contributed by atoms with Crippen LogP contribution in [0.4, 0.5) is 0 Å². The van der Waals surface area contributed by atoms with Gasteiger partial charge in [-0.1, -0.05) is 18.6 Å². The van der Waals surface area contributed by atoms with Crippen molar-refractivity contribution in [3.63, 3.8) is 0 Å². The van der Waals surface area contributed by atoms with Gasteiger partial charge in [0.15, 0.2) is 0 Å². The van der Waals surface area contributed by atoms with Crippen molar-refractivity contribution in [3.05, 3.63) is 23.8 Å². The van der Waals surface area contributed by atoms with Crippen molar-refractivity contribution in [1.29, 1.82) is 0 Å². The van der Waals surface area contributed by atoms with Gasteiger partial charge in [-0.2, -0.15) is 0 Å². The molecule has 3 rings (SSSR count). The molecule has 1 heterocycles. The lowest BCUT2D eigenvalue weighted by atomic mass is 9.78. The zero-order chi connectivity index (χ0) is 14.8. The first-order valence-electron chi connectivity index (χ1n) is 7.96. The smallest absolute Gasteiger partial charge is 0.492 e. The van der Waals surface area contributed by atoms with E-state index in [-0.39, 0.29) is 0 Å². The van der Waals surface area contributed by atoms with Crippen LogP contribution in [-0.2, 0) is 6.54 Å². The van der Waals surface area contributed by atoms with Gasteiger partial charge in [0.25, 0.3) is 0 Å². The summed E-state index contributed by atoms with van der Waals surface area (Å²) in [5, 5.41) is 19.0. The van der Waals surface area contributed by atoms with Gasteiger partial charge in [0, 0.05) is 18.0 Å². The molecular weight excluding hydrogens is 265 g/mol. The Kier molecular flexibility index (Phi) is 4.52. The predicted octanol–water partition coefficient (Wildman–Crippen LogP) is 1.14. The lowest BCUT2D eigenvalue weighted by molar-refractivity contribution is 0.106. The van der Waals surface area contributed by atoms with E-state index in [1.54, 1.807) is 7.11 Å². The highest BCUT2D eigenvalue weighted by molar-refractivity contribution is 6.59. The lowest BCUT2D eigenvalue weighted by Crippen LogP contribution is -2.42. The average molecular weight is 289 g/mol. The zero-order valence-corrected chi connectivity index (χ0v) is 12.7. The molecule has 2 unspecified atom stereocenters. The Labute approximate surface area is 126 Å². The van der Waals surface area contributed by atoms with Crippen LogP contribution in [0.3, 0.4) is 0 Å². The number of likely N-dealkylation sites (tertiary alicyclic amines) is 1. The first-order chi connectivity index (χ1) is 10.2. The maximum Gasteiger partial charge on any atom is 0.492 e. The van der Waals surface area contributed by atoms with Crippen molar-refractivity contribution in [3.8, 4) is 5.75 Å². The van der Waals surface area contributed by atoms with E-state index < -0.39 is 7.12 Å². The molecule has 114 valence electrons. The van der Waals surface area contributed by atoms with E-state index in [2.05, 4.69) is 4.90 Å². The Morgan fingerprint density at radius 1 is 1.24 bits per heavy atom. The van der Waals surface area contributed by atoms with Gasteiger partial charge < -0.3 is 14.8 Å². The first-order valence-corrected chi connectivity index (χ1v) is 7.96. The van der Waals surface area contributed by atoms with Crippen LogP contribution >= 0.6 is 0 Å². The largest absolute Gasteiger partial charge is 0.497 e. The molecule has 0 spiro atoms. The van der Waals surface area contributed by atoms with Crippen molar-refractivity contribution in [2.75, 3.05) is 13.7 Å². The van der Waals surface area contributed by atoms with Crippen molar-refractivity contribution < 1.29 is 14.8 Å². The number of methoxy groups -OCH3 is 1. The number of ether oxygens (including phenoxy) is 1. The zero-order valence-electron chi connectivity index (χ0n) is 12.7. The molecule has 2 fully saturated rings. The summed E-state index contributed by atoms with van der Waals surface area (Å²) in [6.45, 7) is 2.05. The molecule has 21 heavy (non-hydrogen) atoms. The molecular formula is C16H24BNO3. The average Bonchev–Trinajstić information content (AvgIpc) is 2.96.